The van der Waals surface area contributed by atoms with E-state index in [1.807, 2.05) is 6.07 Å². The summed E-state index contributed by atoms with van der Waals surface area (Å²) in [5.74, 6) is -0.372. The fraction of sp³-hybridized carbons (Fsp3) is 0.286. The smallest absolute Gasteiger partial charge is 0.478 e. The summed E-state index contributed by atoms with van der Waals surface area (Å²) in [4.78, 5) is 25.7. The zero-order valence-electron chi connectivity index (χ0n) is 21.6. The van der Waals surface area contributed by atoms with E-state index in [4.69, 9.17) is 9.47 Å². The van der Waals surface area contributed by atoms with Crippen LogP contribution in [0.15, 0.2) is 60.7 Å². The van der Waals surface area contributed by atoms with Crippen molar-refractivity contribution in [1.29, 1.82) is 0 Å². The Bertz CT molecular complexity index is 1340. The highest BCUT2D eigenvalue weighted by atomic mass is 19.4. The first-order valence-corrected chi connectivity index (χ1v) is 11.6. The van der Waals surface area contributed by atoms with Gasteiger partial charge in [-0.15, -0.1) is 13.2 Å². The summed E-state index contributed by atoms with van der Waals surface area (Å²) in [6, 6.07) is 15.7. The van der Waals surface area contributed by atoms with E-state index in [-0.39, 0.29) is 23.8 Å². The lowest BCUT2D eigenvalue weighted by Gasteiger charge is -2.23. The molecule has 1 amide bonds. The molecule has 0 saturated carbocycles. The first-order chi connectivity index (χ1) is 17.6. The molecule has 0 saturated heterocycles. The van der Waals surface area contributed by atoms with Gasteiger partial charge in [-0.3, -0.25) is 4.79 Å². The molecule has 0 aromatic heterocycles. The summed E-state index contributed by atoms with van der Waals surface area (Å²) in [5, 5.41) is 9.28. The lowest BCUT2D eigenvalue weighted by atomic mass is 10.1. The molecule has 3 rings (SSSR count). The first-order valence-electron chi connectivity index (χ1n) is 11.6. The predicted molar refractivity (Wildman–Crippen MR) is 134 cm³/mol. The number of halogens is 3. The van der Waals surface area contributed by atoms with Crippen molar-refractivity contribution in [2.45, 2.75) is 46.2 Å². The highest BCUT2D eigenvalue weighted by Gasteiger charge is 2.31. The SMILES string of the molecule is Cc1cc(Oc2cccc(CN(C)C(=O)c3ccc(OC(F)(F)F)cc3C)c2)ccc1OC(C)(C)C(=O)O. The first kappa shape index (κ1) is 28.4. The minimum Gasteiger partial charge on any atom is -0.478 e. The number of hydrogen-bond acceptors (Lipinski definition) is 5. The minimum atomic E-state index is -4.81. The van der Waals surface area contributed by atoms with Crippen molar-refractivity contribution >= 4 is 11.9 Å². The molecular weight excluding hydrogens is 503 g/mol. The molecule has 0 spiro atoms. The molecule has 38 heavy (non-hydrogen) atoms. The van der Waals surface area contributed by atoms with E-state index in [9.17, 15) is 27.9 Å². The Morgan fingerprint density at radius 3 is 2.11 bits per heavy atom. The Hall–Kier alpha value is -4.21. The lowest BCUT2D eigenvalue weighted by Crippen LogP contribution is -2.38. The predicted octanol–water partition coefficient (Wildman–Crippen LogP) is 6.51. The lowest BCUT2D eigenvalue weighted by molar-refractivity contribution is -0.274. The van der Waals surface area contributed by atoms with Crippen molar-refractivity contribution < 1.29 is 42.1 Å². The number of alkyl halides is 3. The van der Waals surface area contributed by atoms with Crippen molar-refractivity contribution in [1.82, 2.24) is 4.90 Å². The number of hydrogen-bond donors (Lipinski definition) is 1. The summed E-state index contributed by atoms with van der Waals surface area (Å²) >= 11 is 0. The summed E-state index contributed by atoms with van der Waals surface area (Å²) in [6.45, 7) is 6.48. The van der Waals surface area contributed by atoms with E-state index in [1.54, 1.807) is 57.3 Å². The van der Waals surface area contributed by atoms with Crippen LogP contribution >= 0.6 is 0 Å². The third kappa shape index (κ3) is 7.41. The number of aryl methyl sites for hydroxylation is 2. The maximum Gasteiger partial charge on any atom is 0.573 e. The molecule has 0 bridgehead atoms. The molecule has 202 valence electrons. The fourth-order valence-electron chi connectivity index (χ4n) is 3.59. The number of carboxylic acid groups (broad SMARTS) is 1. The molecule has 0 unspecified atom stereocenters. The van der Waals surface area contributed by atoms with Crippen LogP contribution < -0.4 is 14.2 Å². The number of benzene rings is 3. The number of nitrogens with zero attached hydrogens (tertiary/aromatic N) is 1. The van der Waals surface area contributed by atoms with Gasteiger partial charge < -0.3 is 24.2 Å². The summed E-state index contributed by atoms with van der Waals surface area (Å²) < 4.78 is 52.9. The van der Waals surface area contributed by atoms with Crippen molar-refractivity contribution in [3.05, 3.63) is 82.9 Å². The summed E-state index contributed by atoms with van der Waals surface area (Å²) in [6.07, 6.45) is -4.81. The number of aliphatic carboxylic acids is 1. The van der Waals surface area contributed by atoms with Crippen LogP contribution in [0.4, 0.5) is 13.2 Å². The van der Waals surface area contributed by atoms with Gasteiger partial charge in [0.15, 0.2) is 5.60 Å². The molecule has 0 heterocycles. The molecule has 0 fully saturated rings. The Morgan fingerprint density at radius 1 is 0.868 bits per heavy atom. The standard InChI is InChI=1S/C28H28F3NO6/c1-17-13-22(37-28(29,30)31)9-11-23(17)25(33)32(5)16-19-7-6-8-20(15-19)36-21-10-12-24(18(2)14-21)38-27(3,4)26(34)35/h6-15H,16H2,1-5H3,(H,34,35). The van der Waals surface area contributed by atoms with Gasteiger partial charge >= 0.3 is 12.3 Å². The second-order valence-electron chi connectivity index (χ2n) is 9.28. The molecule has 0 atom stereocenters. The normalized spacial score (nSPS) is 11.6. The number of ether oxygens (including phenoxy) is 3. The molecule has 3 aromatic carbocycles. The van der Waals surface area contributed by atoms with Gasteiger partial charge in [0.1, 0.15) is 23.0 Å². The maximum absolute atomic E-state index is 12.9. The number of carbonyl (C=O) groups is 2. The van der Waals surface area contributed by atoms with E-state index in [0.29, 0.717) is 28.4 Å². The van der Waals surface area contributed by atoms with Gasteiger partial charge in [-0.25, -0.2) is 4.79 Å². The van der Waals surface area contributed by atoms with Crippen LogP contribution in [0.3, 0.4) is 0 Å². The molecule has 0 aliphatic carbocycles. The third-order valence-electron chi connectivity index (χ3n) is 5.59. The Balaban J connectivity index is 1.68. The molecule has 7 nitrogen and oxygen atoms in total. The van der Waals surface area contributed by atoms with E-state index in [1.165, 1.54) is 30.9 Å². The summed E-state index contributed by atoms with van der Waals surface area (Å²) in [7, 11) is 1.59. The van der Waals surface area contributed by atoms with E-state index in [0.717, 1.165) is 11.6 Å². The second-order valence-corrected chi connectivity index (χ2v) is 9.28. The van der Waals surface area contributed by atoms with Crippen LogP contribution in [0.1, 0.15) is 40.9 Å². The largest absolute Gasteiger partial charge is 0.573 e. The van der Waals surface area contributed by atoms with Crippen molar-refractivity contribution in [2.24, 2.45) is 0 Å². The highest BCUT2D eigenvalue weighted by molar-refractivity contribution is 5.95. The number of carbonyl (C=O) groups excluding carboxylic acids is 1. The molecule has 0 radical (unpaired) electrons. The summed E-state index contributed by atoms with van der Waals surface area (Å²) in [5.41, 5.74) is 0.698. The van der Waals surface area contributed by atoms with Gasteiger partial charge in [0.05, 0.1) is 0 Å². The van der Waals surface area contributed by atoms with E-state index >= 15 is 0 Å². The Kier molecular flexibility index (Phi) is 8.24. The molecular formula is C28H28F3NO6. The Labute approximate surface area is 218 Å². The molecule has 0 aliphatic rings. The topological polar surface area (TPSA) is 85.3 Å². The zero-order valence-corrected chi connectivity index (χ0v) is 21.6. The van der Waals surface area contributed by atoms with Crippen LogP contribution in [0.2, 0.25) is 0 Å². The van der Waals surface area contributed by atoms with Gasteiger partial charge in [-0.05, 0) is 92.9 Å². The van der Waals surface area contributed by atoms with Crippen LogP contribution in [0, 0.1) is 13.8 Å². The van der Waals surface area contributed by atoms with E-state index in [2.05, 4.69) is 4.74 Å². The average molecular weight is 532 g/mol. The fourth-order valence-corrected chi connectivity index (χ4v) is 3.59. The van der Waals surface area contributed by atoms with Gasteiger partial charge in [0, 0.05) is 19.2 Å². The number of rotatable bonds is 9. The molecule has 1 N–H and O–H groups in total. The van der Waals surface area contributed by atoms with Gasteiger partial charge in [0.25, 0.3) is 5.91 Å². The van der Waals surface area contributed by atoms with Gasteiger partial charge in [0.2, 0.25) is 0 Å². The van der Waals surface area contributed by atoms with Crippen LogP contribution in [-0.4, -0.2) is 40.9 Å². The quantitative estimate of drug-likeness (QED) is 0.339. The van der Waals surface area contributed by atoms with E-state index < -0.39 is 17.9 Å². The Morgan fingerprint density at radius 2 is 1.50 bits per heavy atom. The van der Waals surface area contributed by atoms with Gasteiger partial charge in [-0.2, -0.15) is 0 Å². The molecule has 0 aliphatic heterocycles. The number of amides is 1. The molecule has 10 heteroatoms. The van der Waals surface area contributed by atoms with Crippen molar-refractivity contribution in [3.8, 4) is 23.0 Å². The van der Waals surface area contributed by atoms with Crippen LogP contribution in [0.5, 0.6) is 23.0 Å². The molecule has 3 aromatic rings. The zero-order chi connectivity index (χ0) is 28.3. The van der Waals surface area contributed by atoms with Crippen LogP contribution in [-0.2, 0) is 11.3 Å². The maximum atomic E-state index is 12.9. The van der Waals surface area contributed by atoms with Crippen molar-refractivity contribution in [2.75, 3.05) is 7.05 Å². The van der Waals surface area contributed by atoms with Gasteiger partial charge in [-0.1, -0.05) is 12.1 Å². The van der Waals surface area contributed by atoms with Crippen LogP contribution in [0.25, 0.3) is 0 Å². The third-order valence-corrected chi connectivity index (χ3v) is 5.59. The average Bonchev–Trinajstić information content (AvgIpc) is 2.79. The monoisotopic (exact) mass is 531 g/mol. The minimum absolute atomic E-state index is 0.229. The van der Waals surface area contributed by atoms with Crippen molar-refractivity contribution in [3.63, 3.8) is 0 Å². The highest BCUT2D eigenvalue weighted by Crippen LogP contribution is 2.30. The second kappa shape index (κ2) is 11.0. The number of carboxylic acids is 1.